The van der Waals surface area contributed by atoms with Crippen LogP contribution in [0.15, 0.2) is 261 Å². The van der Waals surface area contributed by atoms with Gasteiger partial charge < -0.3 is 23.0 Å². The zero-order chi connectivity index (χ0) is 67.7. The lowest BCUT2D eigenvalue weighted by atomic mass is 9.45. The van der Waals surface area contributed by atoms with Crippen LogP contribution in [-0.2, 0) is 10.8 Å². The standard InChI is InChI=1S/C94H61B2N5S2/c1-50-22-16-23-51(2)78(50)54-45-68-58-31-18-35-66-81-89(101(84(58)66)95-72-38-20-33-64-79-62-29-11-14-40-76(62)103-92(79)99(86(64)72)74(47-54)82(68)95)61-43-42-53(46-71(61)94(81,5)6)52-24-17-27-56(44-52)97(55-25-8-7-9-26-55)57-48-69-59-32-19-34-65-80-88(60-28-10-13-37-70(60)93(80,3)4)100(85(59)65)96-73-39-21-36-67-87(73)98(75(49-57)83(69)96)90-63-30-12-15-41-77(63)102-91(67)90/h7-49H,1-6H3. The maximum Gasteiger partial charge on any atom is 0.333 e. The van der Waals surface area contributed by atoms with Gasteiger partial charge in [-0.05, 0) is 169 Å². The molecule has 103 heavy (non-hydrogen) atoms. The topological polar surface area (TPSA) is 23.0 Å². The van der Waals surface area contributed by atoms with Crippen LogP contribution in [0.25, 0.3) is 163 Å². The summed E-state index contributed by atoms with van der Waals surface area (Å²) in [6, 6.07) is 101. The summed E-state index contributed by atoms with van der Waals surface area (Å²) in [7, 11) is 0. The maximum absolute atomic E-state index is 2.81. The summed E-state index contributed by atoms with van der Waals surface area (Å²) in [6.07, 6.45) is 0. The molecule has 0 atom stereocenters. The number of hydrogen-bond donors (Lipinski definition) is 0. The van der Waals surface area contributed by atoms with Gasteiger partial charge in [-0.1, -0.05) is 222 Å². The number of thiophene rings is 2. The van der Waals surface area contributed by atoms with Crippen LogP contribution in [0.3, 0.4) is 0 Å². The van der Waals surface area contributed by atoms with Crippen LogP contribution in [0.2, 0.25) is 0 Å². The van der Waals surface area contributed by atoms with Gasteiger partial charge in [-0.2, -0.15) is 0 Å². The lowest BCUT2D eigenvalue weighted by molar-refractivity contribution is 0.666. The third-order valence-electron chi connectivity index (χ3n) is 25.3. The second-order valence-corrected chi connectivity index (χ2v) is 33.1. The van der Waals surface area contributed by atoms with E-state index in [0.717, 1.165) is 17.1 Å². The molecule has 0 fully saturated rings. The van der Waals surface area contributed by atoms with Crippen LogP contribution in [0.1, 0.15) is 61.1 Å². The Morgan fingerprint density at radius 1 is 0.350 bits per heavy atom. The Morgan fingerprint density at radius 2 is 0.893 bits per heavy atom. The zero-order valence-corrected chi connectivity index (χ0v) is 59.2. The van der Waals surface area contributed by atoms with Crippen molar-refractivity contribution in [1.82, 2.24) is 18.1 Å². The minimum atomic E-state index is -0.340. The lowest BCUT2D eigenvalue weighted by Gasteiger charge is -2.36. The van der Waals surface area contributed by atoms with Gasteiger partial charge in [0, 0.05) is 131 Å². The van der Waals surface area contributed by atoms with E-state index in [1.165, 1.54) is 218 Å². The quantitative estimate of drug-likeness (QED) is 0.158. The van der Waals surface area contributed by atoms with E-state index in [0.29, 0.717) is 0 Å². The fourth-order valence-corrected chi connectivity index (χ4v) is 23.8. The minimum Gasteiger partial charge on any atom is -0.375 e. The van der Waals surface area contributed by atoms with E-state index in [1.807, 2.05) is 22.7 Å². The molecule has 0 spiro atoms. The number of benzene rings is 13. The molecule has 25 rings (SSSR count). The minimum absolute atomic E-state index is 0.0616. The Morgan fingerprint density at radius 3 is 1.63 bits per heavy atom. The number of anilines is 3. The highest BCUT2D eigenvalue weighted by Gasteiger charge is 2.51. The number of aromatic nitrogens is 4. The van der Waals surface area contributed by atoms with Gasteiger partial charge in [-0.3, -0.25) is 0 Å². The van der Waals surface area contributed by atoms with Gasteiger partial charge in [0.05, 0.1) is 21.3 Å². The molecule has 0 amide bonds. The molecule has 0 bridgehead atoms. The first-order valence-corrected chi connectivity index (χ1v) is 38.0. The molecule has 0 N–H and O–H groups in total. The molecule has 5 nitrogen and oxygen atoms in total. The van der Waals surface area contributed by atoms with Crippen molar-refractivity contribution < 1.29 is 0 Å². The molecule has 10 heterocycles. The average molecular weight is 1350 g/mol. The summed E-state index contributed by atoms with van der Waals surface area (Å²) in [5, 5.41) is 9.33. The first kappa shape index (κ1) is 56.1. The molecule has 0 saturated carbocycles. The van der Waals surface area contributed by atoms with Crippen molar-refractivity contribution >= 4 is 159 Å². The second kappa shape index (κ2) is 18.9. The number of fused-ring (bicyclic) bond motifs is 28. The van der Waals surface area contributed by atoms with E-state index in [2.05, 4.69) is 325 Å². The van der Waals surface area contributed by atoms with Crippen molar-refractivity contribution in [2.24, 2.45) is 0 Å². The summed E-state index contributed by atoms with van der Waals surface area (Å²) < 4.78 is 14.9. The molecule has 9 heteroatoms. The van der Waals surface area contributed by atoms with E-state index in [-0.39, 0.29) is 24.5 Å². The summed E-state index contributed by atoms with van der Waals surface area (Å²) in [6.45, 7) is 14.3. The summed E-state index contributed by atoms with van der Waals surface area (Å²) >= 11 is 3.87. The molecular formula is C94H61B2N5S2. The fourth-order valence-electron chi connectivity index (χ4n) is 21.3. The van der Waals surface area contributed by atoms with Gasteiger partial charge in [0.25, 0.3) is 0 Å². The normalized spacial score (nSPS) is 14.6. The molecule has 0 radical (unpaired) electrons. The predicted octanol–water partition coefficient (Wildman–Crippen LogP) is 22.1. The highest BCUT2D eigenvalue weighted by molar-refractivity contribution is 7.27. The number of aryl methyl sites for hydroxylation is 2. The zero-order valence-electron chi connectivity index (χ0n) is 57.5. The molecule has 480 valence electrons. The van der Waals surface area contributed by atoms with E-state index >= 15 is 0 Å². The molecule has 6 aromatic heterocycles. The van der Waals surface area contributed by atoms with Gasteiger partial charge in [0.15, 0.2) is 0 Å². The number of rotatable bonds is 5. The Kier molecular flexibility index (Phi) is 10.3. The van der Waals surface area contributed by atoms with Gasteiger partial charge in [0.2, 0.25) is 0 Å². The van der Waals surface area contributed by atoms with Crippen LogP contribution in [0, 0.1) is 13.8 Å². The van der Waals surface area contributed by atoms with Crippen molar-refractivity contribution in [3.8, 4) is 78.4 Å². The van der Waals surface area contributed by atoms with Crippen molar-refractivity contribution in [2.75, 3.05) is 4.90 Å². The van der Waals surface area contributed by atoms with Gasteiger partial charge >= 0.3 is 13.7 Å². The molecule has 19 aromatic rings. The van der Waals surface area contributed by atoms with Crippen LogP contribution >= 0.6 is 22.7 Å². The van der Waals surface area contributed by atoms with Crippen LogP contribution in [0.5, 0.6) is 0 Å². The fraction of sp³-hybridized carbons (Fsp3) is 0.0851. The third-order valence-corrected chi connectivity index (χ3v) is 27.6. The number of nitrogens with zero attached hydrogens (tertiary/aromatic N) is 5. The molecule has 2 aliphatic carbocycles. The Hall–Kier alpha value is -11.6. The molecule has 6 aliphatic rings. The van der Waals surface area contributed by atoms with Crippen LogP contribution < -0.4 is 26.8 Å². The van der Waals surface area contributed by atoms with Crippen LogP contribution in [0.4, 0.5) is 17.1 Å². The molecule has 4 aliphatic heterocycles. The highest BCUT2D eigenvalue weighted by atomic mass is 32.1. The maximum atomic E-state index is 2.81. The van der Waals surface area contributed by atoms with Crippen molar-refractivity contribution in [3.05, 3.63) is 294 Å². The van der Waals surface area contributed by atoms with Crippen molar-refractivity contribution in [2.45, 2.75) is 52.4 Å². The van der Waals surface area contributed by atoms with Crippen molar-refractivity contribution in [1.29, 1.82) is 0 Å². The molecule has 13 aromatic carbocycles. The second-order valence-electron chi connectivity index (χ2n) is 31.0. The SMILES string of the molecule is Cc1cccc(C)c1-c1cc2c3c(c1)-n1c4sc5ccccc5c4c4cccc(c41)B3n1c3c(c4cccc-2c41)C(C)(C)c1cc(-c2cccc(N(c4ccccc4)c4cc5c6c(c4)-n4c7c(cccc7c7sc8ccccc8c74)B6n4c6c(c7cccc-5c74)C(C)(C)c4ccccc4-6)c2)ccc1-3. The summed E-state index contributed by atoms with van der Waals surface area (Å²) in [4.78, 5) is 3.86. The number of para-hydroxylation sites is 5. The smallest absolute Gasteiger partial charge is 0.333 e. The first-order chi connectivity index (χ1) is 50.5. The highest BCUT2D eigenvalue weighted by Crippen LogP contribution is 2.60. The lowest BCUT2D eigenvalue weighted by Crippen LogP contribution is -2.55. The molecular weight excluding hydrogens is 1280 g/mol. The Labute approximate surface area is 603 Å². The number of hydrogen-bond acceptors (Lipinski definition) is 3. The average Bonchev–Trinajstić information content (AvgIpc) is 1.52. The Balaban J connectivity index is 0.695. The summed E-state index contributed by atoms with van der Waals surface area (Å²) in [5.41, 5.74) is 41.2. The van der Waals surface area contributed by atoms with Gasteiger partial charge in [0.1, 0.15) is 4.83 Å². The van der Waals surface area contributed by atoms with E-state index in [4.69, 9.17) is 0 Å². The predicted molar refractivity (Wildman–Crippen MR) is 439 cm³/mol. The molecule has 0 unspecified atom stereocenters. The van der Waals surface area contributed by atoms with Gasteiger partial charge in [-0.25, -0.2) is 0 Å². The Bertz CT molecular complexity index is 7220. The van der Waals surface area contributed by atoms with E-state index in [9.17, 15) is 0 Å². The van der Waals surface area contributed by atoms with Crippen LogP contribution in [-0.4, -0.2) is 31.8 Å². The van der Waals surface area contributed by atoms with E-state index < -0.39 is 0 Å². The molecule has 0 saturated heterocycles. The summed E-state index contributed by atoms with van der Waals surface area (Å²) in [5.74, 6) is 0. The first-order valence-electron chi connectivity index (χ1n) is 36.4. The van der Waals surface area contributed by atoms with E-state index in [1.54, 1.807) is 0 Å². The monoisotopic (exact) mass is 1350 g/mol. The van der Waals surface area contributed by atoms with Gasteiger partial charge in [-0.15, -0.1) is 22.7 Å². The van der Waals surface area contributed by atoms with Crippen molar-refractivity contribution in [3.63, 3.8) is 0 Å². The third kappa shape index (κ3) is 6.63. The largest absolute Gasteiger partial charge is 0.375 e.